The number of rotatable bonds is 4. The van der Waals surface area contributed by atoms with Crippen molar-refractivity contribution in [3.8, 4) is 0 Å². The Bertz CT molecular complexity index is 773. The maximum Gasteiger partial charge on any atom is 0.262 e. The normalized spacial score (nSPS) is 11.4. The lowest BCUT2D eigenvalue weighted by Crippen LogP contribution is -2.17. The Morgan fingerprint density at radius 2 is 1.90 bits per heavy atom. The van der Waals surface area contributed by atoms with Crippen LogP contribution in [0.4, 0.5) is 10.1 Å². The highest BCUT2D eigenvalue weighted by Gasteiger charge is 2.19. The molecule has 112 valence electrons. The van der Waals surface area contributed by atoms with Gasteiger partial charge in [0.1, 0.15) is 5.82 Å². The Balaban J connectivity index is 2.47. The molecule has 0 aliphatic heterocycles. The van der Waals surface area contributed by atoms with Gasteiger partial charge in [-0.15, -0.1) is 0 Å². The van der Waals surface area contributed by atoms with E-state index in [0.717, 1.165) is 5.56 Å². The largest absolute Gasteiger partial charge is 0.326 e. The Morgan fingerprint density at radius 3 is 2.57 bits per heavy atom. The first-order chi connectivity index (χ1) is 9.85. The molecule has 2 aromatic carbocycles. The van der Waals surface area contributed by atoms with Crippen LogP contribution in [-0.4, -0.2) is 8.42 Å². The number of benzene rings is 2. The van der Waals surface area contributed by atoms with Gasteiger partial charge in [-0.05, 0) is 43.2 Å². The van der Waals surface area contributed by atoms with Crippen LogP contribution in [0.2, 0.25) is 0 Å². The number of nitrogens with one attached hydrogen (secondary N) is 1. The second-order valence-electron chi connectivity index (χ2n) is 4.84. The molecule has 0 bridgehead atoms. The molecule has 0 heterocycles. The van der Waals surface area contributed by atoms with Crippen LogP contribution >= 0.6 is 0 Å². The molecular weight excluding hydrogens is 291 g/mol. The molecule has 0 aliphatic carbocycles. The van der Waals surface area contributed by atoms with Gasteiger partial charge in [-0.3, -0.25) is 4.72 Å². The van der Waals surface area contributed by atoms with Crippen LogP contribution in [0.15, 0.2) is 41.3 Å². The standard InChI is InChI=1S/C15H17FN2O2S/c1-10-6-7-11(2)15(8-10)21(19,20)18-14-5-3-4-13(16)12(14)9-17/h3-8,18H,9,17H2,1-2H3. The Morgan fingerprint density at radius 1 is 1.19 bits per heavy atom. The molecule has 0 atom stereocenters. The minimum absolute atomic E-state index is 0.0860. The lowest BCUT2D eigenvalue weighted by atomic mass is 10.2. The summed E-state index contributed by atoms with van der Waals surface area (Å²) in [5.74, 6) is -0.529. The molecule has 6 heteroatoms. The van der Waals surface area contributed by atoms with E-state index >= 15 is 0 Å². The Hall–Kier alpha value is -1.92. The SMILES string of the molecule is Cc1ccc(C)c(S(=O)(=O)Nc2cccc(F)c2CN)c1. The first-order valence-corrected chi connectivity index (χ1v) is 7.91. The lowest BCUT2D eigenvalue weighted by molar-refractivity contribution is 0.599. The van der Waals surface area contributed by atoms with Crippen molar-refractivity contribution in [1.29, 1.82) is 0 Å². The minimum Gasteiger partial charge on any atom is -0.326 e. The maximum absolute atomic E-state index is 13.7. The Labute approximate surface area is 123 Å². The zero-order chi connectivity index (χ0) is 15.6. The van der Waals surface area contributed by atoms with Gasteiger partial charge in [0, 0.05) is 12.1 Å². The molecule has 0 saturated heterocycles. The molecule has 0 aliphatic rings. The minimum atomic E-state index is -3.79. The van der Waals surface area contributed by atoms with Gasteiger partial charge >= 0.3 is 0 Å². The average molecular weight is 308 g/mol. The summed E-state index contributed by atoms with van der Waals surface area (Å²) in [6.07, 6.45) is 0. The fraction of sp³-hybridized carbons (Fsp3) is 0.200. The first kappa shape index (κ1) is 15.5. The summed E-state index contributed by atoms with van der Waals surface area (Å²) in [5, 5.41) is 0. The van der Waals surface area contributed by atoms with Crippen LogP contribution in [0.5, 0.6) is 0 Å². The number of anilines is 1. The van der Waals surface area contributed by atoms with Crippen molar-refractivity contribution < 1.29 is 12.8 Å². The van der Waals surface area contributed by atoms with Crippen LogP contribution in [0.3, 0.4) is 0 Å². The summed E-state index contributed by atoms with van der Waals surface area (Å²) < 4.78 is 41.0. The molecule has 21 heavy (non-hydrogen) atoms. The van der Waals surface area contributed by atoms with Crippen LogP contribution in [0.25, 0.3) is 0 Å². The van der Waals surface area contributed by atoms with Crippen molar-refractivity contribution in [2.45, 2.75) is 25.3 Å². The fourth-order valence-corrected chi connectivity index (χ4v) is 3.48. The van der Waals surface area contributed by atoms with E-state index < -0.39 is 15.8 Å². The zero-order valence-electron chi connectivity index (χ0n) is 11.9. The first-order valence-electron chi connectivity index (χ1n) is 6.42. The lowest BCUT2D eigenvalue weighted by Gasteiger charge is -2.14. The summed E-state index contributed by atoms with van der Waals surface area (Å²) >= 11 is 0. The molecule has 0 aromatic heterocycles. The van der Waals surface area contributed by atoms with Gasteiger partial charge in [0.25, 0.3) is 10.0 Å². The molecule has 2 rings (SSSR count). The average Bonchev–Trinajstić information content (AvgIpc) is 2.41. The van der Waals surface area contributed by atoms with Crippen molar-refractivity contribution in [1.82, 2.24) is 0 Å². The van der Waals surface area contributed by atoms with Crippen molar-refractivity contribution >= 4 is 15.7 Å². The van der Waals surface area contributed by atoms with E-state index in [4.69, 9.17) is 5.73 Å². The summed E-state index contributed by atoms with van der Waals surface area (Å²) in [6.45, 7) is 3.44. The molecule has 3 N–H and O–H groups in total. The molecule has 0 unspecified atom stereocenters. The number of hydrogen-bond donors (Lipinski definition) is 2. The van der Waals surface area contributed by atoms with E-state index in [9.17, 15) is 12.8 Å². The molecule has 4 nitrogen and oxygen atoms in total. The van der Waals surface area contributed by atoms with Crippen molar-refractivity contribution in [3.63, 3.8) is 0 Å². The van der Waals surface area contributed by atoms with Gasteiger partial charge in [-0.1, -0.05) is 18.2 Å². The second-order valence-corrected chi connectivity index (χ2v) is 6.50. The third-order valence-corrected chi connectivity index (χ3v) is 4.71. The van der Waals surface area contributed by atoms with Crippen molar-refractivity contribution in [2.24, 2.45) is 5.73 Å². The second kappa shape index (κ2) is 5.83. The molecule has 0 radical (unpaired) electrons. The quantitative estimate of drug-likeness (QED) is 0.912. The van der Waals surface area contributed by atoms with Gasteiger partial charge in [0.05, 0.1) is 10.6 Å². The van der Waals surface area contributed by atoms with E-state index in [2.05, 4.69) is 4.72 Å². The number of nitrogens with two attached hydrogens (primary N) is 1. The van der Waals surface area contributed by atoms with E-state index in [1.165, 1.54) is 18.2 Å². The summed E-state index contributed by atoms with van der Waals surface area (Å²) in [7, 11) is -3.79. The summed E-state index contributed by atoms with van der Waals surface area (Å²) in [5.41, 5.74) is 7.25. The van der Waals surface area contributed by atoms with Crippen molar-refractivity contribution in [3.05, 3.63) is 58.9 Å². The zero-order valence-corrected chi connectivity index (χ0v) is 12.7. The van der Waals surface area contributed by atoms with Gasteiger partial charge < -0.3 is 5.73 Å². The number of sulfonamides is 1. The van der Waals surface area contributed by atoms with E-state index in [1.54, 1.807) is 19.1 Å². The van der Waals surface area contributed by atoms with Crippen LogP contribution in [0.1, 0.15) is 16.7 Å². The van der Waals surface area contributed by atoms with E-state index in [1.807, 2.05) is 13.0 Å². The fourth-order valence-electron chi connectivity index (χ4n) is 2.06. The highest BCUT2D eigenvalue weighted by atomic mass is 32.2. The summed E-state index contributed by atoms with van der Waals surface area (Å²) in [4.78, 5) is 0.176. The monoisotopic (exact) mass is 308 g/mol. The van der Waals surface area contributed by atoms with Crippen LogP contribution < -0.4 is 10.5 Å². The van der Waals surface area contributed by atoms with Crippen LogP contribution in [-0.2, 0) is 16.6 Å². The highest BCUT2D eigenvalue weighted by Crippen LogP contribution is 2.24. The molecule has 0 saturated carbocycles. The molecular formula is C15H17FN2O2S. The van der Waals surface area contributed by atoms with Crippen molar-refractivity contribution in [2.75, 3.05) is 4.72 Å². The van der Waals surface area contributed by atoms with Crippen LogP contribution in [0, 0.1) is 19.7 Å². The highest BCUT2D eigenvalue weighted by molar-refractivity contribution is 7.92. The van der Waals surface area contributed by atoms with E-state index in [-0.39, 0.29) is 22.7 Å². The maximum atomic E-state index is 13.7. The predicted octanol–water partition coefficient (Wildman–Crippen LogP) is 2.70. The molecule has 0 spiro atoms. The molecule has 2 aromatic rings. The van der Waals surface area contributed by atoms with Gasteiger partial charge in [0.15, 0.2) is 0 Å². The smallest absolute Gasteiger partial charge is 0.262 e. The van der Waals surface area contributed by atoms with E-state index in [0.29, 0.717) is 5.56 Å². The third kappa shape index (κ3) is 3.22. The third-order valence-electron chi connectivity index (χ3n) is 3.20. The topological polar surface area (TPSA) is 72.2 Å². The van der Waals surface area contributed by atoms with Gasteiger partial charge in [0.2, 0.25) is 0 Å². The number of halogens is 1. The van der Waals surface area contributed by atoms with Gasteiger partial charge in [-0.2, -0.15) is 0 Å². The number of hydrogen-bond acceptors (Lipinski definition) is 3. The summed E-state index contributed by atoms with van der Waals surface area (Å²) in [6, 6.07) is 9.33. The van der Waals surface area contributed by atoms with Gasteiger partial charge in [-0.25, -0.2) is 12.8 Å². The molecule has 0 amide bonds. The predicted molar refractivity (Wildman–Crippen MR) is 81.0 cm³/mol. The Kier molecular flexibility index (Phi) is 4.29. The number of aryl methyl sites for hydroxylation is 2. The molecule has 0 fully saturated rings.